The minimum atomic E-state index is -0.192. The monoisotopic (exact) mass is 232 g/mol. The average Bonchev–Trinajstić information content (AvgIpc) is 2.29. The molecule has 3 heteroatoms. The Kier molecular flexibility index (Phi) is 3.20. The summed E-state index contributed by atoms with van der Waals surface area (Å²) < 4.78 is 0. The summed E-state index contributed by atoms with van der Waals surface area (Å²) >= 11 is 0. The van der Waals surface area contributed by atoms with E-state index in [2.05, 4.69) is 44.4 Å². The van der Waals surface area contributed by atoms with Crippen LogP contribution in [0.25, 0.3) is 0 Å². The van der Waals surface area contributed by atoms with Crippen molar-refractivity contribution in [3.05, 3.63) is 33.9 Å². The summed E-state index contributed by atoms with van der Waals surface area (Å²) in [7, 11) is 0. The van der Waals surface area contributed by atoms with Gasteiger partial charge in [-0.15, -0.1) is 0 Å². The Bertz CT molecular complexity index is 440. The lowest BCUT2D eigenvalue weighted by Gasteiger charge is -2.28. The Morgan fingerprint density at radius 2 is 1.65 bits per heavy atom. The van der Waals surface area contributed by atoms with Crippen molar-refractivity contribution in [3.63, 3.8) is 0 Å². The third-order valence-corrected chi connectivity index (χ3v) is 3.75. The van der Waals surface area contributed by atoms with E-state index in [1.54, 1.807) is 0 Å². The van der Waals surface area contributed by atoms with Crippen LogP contribution in [0, 0.1) is 27.7 Å². The summed E-state index contributed by atoms with van der Waals surface area (Å²) in [5.41, 5.74) is 6.11. The molecule has 1 aromatic carbocycles. The Morgan fingerprint density at radius 1 is 1.06 bits per heavy atom. The van der Waals surface area contributed by atoms with E-state index >= 15 is 0 Å². The quantitative estimate of drug-likeness (QED) is 0.773. The van der Waals surface area contributed by atoms with Crippen molar-refractivity contribution in [2.45, 2.75) is 33.7 Å². The standard InChI is InChI=1S/C14H20N2O/c1-8-7-9(2)11(4)12(10(8)3)13-14(17)16-6-5-15-13/h7,13,15H,5-6H2,1-4H3,(H,16,17). The zero-order valence-electron chi connectivity index (χ0n) is 11.0. The van der Waals surface area contributed by atoms with Crippen LogP contribution >= 0.6 is 0 Å². The zero-order valence-corrected chi connectivity index (χ0v) is 11.0. The van der Waals surface area contributed by atoms with Crippen LogP contribution in [-0.2, 0) is 4.79 Å². The van der Waals surface area contributed by atoms with Gasteiger partial charge in [0.15, 0.2) is 0 Å². The van der Waals surface area contributed by atoms with E-state index in [4.69, 9.17) is 0 Å². The van der Waals surface area contributed by atoms with Crippen molar-refractivity contribution in [2.24, 2.45) is 0 Å². The van der Waals surface area contributed by atoms with Crippen molar-refractivity contribution in [1.29, 1.82) is 0 Å². The minimum absolute atomic E-state index is 0.0902. The van der Waals surface area contributed by atoms with Gasteiger partial charge in [-0.2, -0.15) is 0 Å². The van der Waals surface area contributed by atoms with Gasteiger partial charge in [-0.3, -0.25) is 4.79 Å². The maximum Gasteiger partial charge on any atom is 0.241 e. The van der Waals surface area contributed by atoms with Crippen LogP contribution in [0.2, 0.25) is 0 Å². The summed E-state index contributed by atoms with van der Waals surface area (Å²) in [4.78, 5) is 11.9. The molecule has 1 heterocycles. The van der Waals surface area contributed by atoms with Gasteiger partial charge in [0.1, 0.15) is 6.04 Å². The van der Waals surface area contributed by atoms with Crippen LogP contribution in [0.15, 0.2) is 6.07 Å². The van der Waals surface area contributed by atoms with E-state index in [1.165, 1.54) is 22.3 Å². The highest BCUT2D eigenvalue weighted by atomic mass is 16.2. The van der Waals surface area contributed by atoms with Crippen LogP contribution in [-0.4, -0.2) is 19.0 Å². The summed E-state index contributed by atoms with van der Waals surface area (Å²) in [6.45, 7) is 9.96. The summed E-state index contributed by atoms with van der Waals surface area (Å²) in [6, 6.07) is 2.00. The van der Waals surface area contributed by atoms with Crippen molar-refractivity contribution in [2.75, 3.05) is 13.1 Å². The van der Waals surface area contributed by atoms with Gasteiger partial charge in [-0.25, -0.2) is 0 Å². The molecule has 0 bridgehead atoms. The van der Waals surface area contributed by atoms with Gasteiger partial charge in [0.2, 0.25) is 5.91 Å². The molecule has 1 saturated heterocycles. The van der Waals surface area contributed by atoms with E-state index in [0.29, 0.717) is 0 Å². The SMILES string of the molecule is Cc1cc(C)c(C)c(C2NCCNC2=O)c1C. The summed E-state index contributed by atoms with van der Waals surface area (Å²) in [5, 5.41) is 6.23. The molecule has 3 nitrogen and oxygen atoms in total. The molecule has 0 spiro atoms. The lowest BCUT2D eigenvalue weighted by Crippen LogP contribution is -2.47. The second kappa shape index (κ2) is 4.49. The number of carbonyl (C=O) groups is 1. The number of benzene rings is 1. The minimum Gasteiger partial charge on any atom is -0.353 e. The molecule has 0 aromatic heterocycles. The van der Waals surface area contributed by atoms with Crippen molar-refractivity contribution in [3.8, 4) is 0 Å². The predicted molar refractivity (Wildman–Crippen MR) is 69.1 cm³/mol. The highest BCUT2D eigenvalue weighted by Gasteiger charge is 2.27. The lowest BCUT2D eigenvalue weighted by atomic mass is 9.89. The average molecular weight is 232 g/mol. The number of carbonyl (C=O) groups excluding carboxylic acids is 1. The highest BCUT2D eigenvalue weighted by Crippen LogP contribution is 2.28. The molecular formula is C14H20N2O. The van der Waals surface area contributed by atoms with E-state index in [9.17, 15) is 4.79 Å². The number of nitrogens with one attached hydrogen (secondary N) is 2. The Labute approximate surface area is 103 Å². The van der Waals surface area contributed by atoms with Gasteiger partial charge >= 0.3 is 0 Å². The van der Waals surface area contributed by atoms with Crippen LogP contribution in [0.5, 0.6) is 0 Å². The first-order valence-corrected chi connectivity index (χ1v) is 6.10. The fourth-order valence-corrected chi connectivity index (χ4v) is 2.51. The maximum atomic E-state index is 11.9. The smallest absolute Gasteiger partial charge is 0.241 e. The van der Waals surface area contributed by atoms with Crippen LogP contribution in [0.4, 0.5) is 0 Å². The number of hydrogen-bond acceptors (Lipinski definition) is 2. The number of piperazine rings is 1. The molecule has 92 valence electrons. The van der Waals surface area contributed by atoms with Crippen LogP contribution in [0.1, 0.15) is 33.9 Å². The van der Waals surface area contributed by atoms with Crippen molar-refractivity contribution < 1.29 is 4.79 Å². The van der Waals surface area contributed by atoms with Gasteiger partial charge in [0.25, 0.3) is 0 Å². The molecule has 0 saturated carbocycles. The Hall–Kier alpha value is -1.35. The number of rotatable bonds is 1. The third kappa shape index (κ3) is 2.07. The maximum absolute atomic E-state index is 11.9. The van der Waals surface area contributed by atoms with E-state index < -0.39 is 0 Å². The van der Waals surface area contributed by atoms with Gasteiger partial charge in [-0.1, -0.05) is 6.07 Å². The second-order valence-electron chi connectivity index (χ2n) is 4.85. The molecule has 1 aromatic rings. The molecule has 1 amide bonds. The van der Waals surface area contributed by atoms with Gasteiger partial charge in [-0.05, 0) is 55.5 Å². The normalized spacial score (nSPS) is 20.2. The van der Waals surface area contributed by atoms with Gasteiger partial charge in [0.05, 0.1) is 0 Å². The molecular weight excluding hydrogens is 212 g/mol. The lowest BCUT2D eigenvalue weighted by molar-refractivity contribution is -0.124. The number of amides is 1. The molecule has 1 fully saturated rings. The number of aryl methyl sites for hydroxylation is 2. The summed E-state index contributed by atoms with van der Waals surface area (Å²) in [5.74, 6) is 0.0902. The van der Waals surface area contributed by atoms with E-state index in [-0.39, 0.29) is 11.9 Å². The fraction of sp³-hybridized carbons (Fsp3) is 0.500. The third-order valence-electron chi connectivity index (χ3n) is 3.75. The Balaban J connectivity index is 2.53. The predicted octanol–water partition coefficient (Wildman–Crippen LogP) is 1.68. The zero-order chi connectivity index (χ0) is 12.6. The van der Waals surface area contributed by atoms with Crippen molar-refractivity contribution in [1.82, 2.24) is 10.6 Å². The molecule has 1 unspecified atom stereocenters. The molecule has 2 N–H and O–H groups in total. The molecule has 1 atom stereocenters. The summed E-state index contributed by atoms with van der Waals surface area (Å²) in [6.07, 6.45) is 0. The molecule has 1 aliphatic rings. The van der Waals surface area contributed by atoms with E-state index in [1.807, 2.05) is 0 Å². The van der Waals surface area contributed by atoms with E-state index in [0.717, 1.165) is 18.7 Å². The molecule has 0 radical (unpaired) electrons. The van der Waals surface area contributed by atoms with Gasteiger partial charge in [0, 0.05) is 13.1 Å². The Morgan fingerprint density at radius 3 is 2.18 bits per heavy atom. The van der Waals surface area contributed by atoms with Crippen molar-refractivity contribution >= 4 is 5.91 Å². The number of hydrogen-bond donors (Lipinski definition) is 2. The second-order valence-corrected chi connectivity index (χ2v) is 4.85. The van der Waals surface area contributed by atoms with Crippen LogP contribution in [0.3, 0.4) is 0 Å². The first kappa shape index (κ1) is 12.1. The first-order chi connectivity index (χ1) is 8.02. The van der Waals surface area contributed by atoms with Crippen LogP contribution < -0.4 is 10.6 Å². The molecule has 2 rings (SSSR count). The molecule has 0 aliphatic carbocycles. The largest absolute Gasteiger partial charge is 0.353 e. The first-order valence-electron chi connectivity index (χ1n) is 6.10. The topological polar surface area (TPSA) is 41.1 Å². The van der Waals surface area contributed by atoms with Gasteiger partial charge < -0.3 is 10.6 Å². The highest BCUT2D eigenvalue weighted by molar-refractivity contribution is 5.85. The molecule has 17 heavy (non-hydrogen) atoms. The molecule has 1 aliphatic heterocycles. The fourth-order valence-electron chi connectivity index (χ4n) is 2.51.